The van der Waals surface area contributed by atoms with E-state index in [-0.39, 0.29) is 17.5 Å². The Morgan fingerprint density at radius 3 is 2.62 bits per heavy atom. The number of para-hydroxylation sites is 1. The first kappa shape index (κ1) is 20.0. The first-order chi connectivity index (χ1) is 12.5. The monoisotopic (exact) mass is 374 g/mol. The molecule has 2 aromatic carbocycles. The summed E-state index contributed by atoms with van der Waals surface area (Å²) in [5, 5.41) is 5.04. The first-order valence-electron chi connectivity index (χ1n) is 8.61. The molecule has 0 bridgehead atoms. The molecule has 0 spiro atoms. The fourth-order valence-electron chi connectivity index (χ4n) is 2.26. The van der Waals surface area contributed by atoms with Gasteiger partial charge in [-0.3, -0.25) is 9.59 Å². The summed E-state index contributed by atoms with van der Waals surface area (Å²) < 4.78 is 13.6. The van der Waals surface area contributed by atoms with E-state index < -0.39 is 11.1 Å². The average Bonchev–Trinajstić information content (AvgIpc) is 2.62. The molecule has 26 heavy (non-hydrogen) atoms. The quantitative estimate of drug-likeness (QED) is 0.634. The van der Waals surface area contributed by atoms with Crippen molar-refractivity contribution in [3.05, 3.63) is 54.3 Å². The van der Waals surface area contributed by atoms with E-state index in [1.807, 2.05) is 31.2 Å². The van der Waals surface area contributed by atoms with Crippen molar-refractivity contribution in [2.75, 3.05) is 10.6 Å². The molecule has 2 aromatic rings. The van der Waals surface area contributed by atoms with Crippen molar-refractivity contribution in [3.63, 3.8) is 0 Å². The lowest BCUT2D eigenvalue weighted by Gasteiger charge is -2.13. The van der Waals surface area contributed by atoms with Crippen LogP contribution in [-0.4, -0.2) is 17.1 Å². The van der Waals surface area contributed by atoms with Crippen LogP contribution in [0.3, 0.4) is 0 Å². The molecule has 138 valence electrons. The summed E-state index contributed by atoms with van der Waals surface area (Å²) in [5.74, 6) is -0.758. The van der Waals surface area contributed by atoms with E-state index in [4.69, 9.17) is 0 Å². The van der Waals surface area contributed by atoms with Gasteiger partial charge < -0.3 is 10.6 Å². The van der Waals surface area contributed by atoms with Crippen LogP contribution in [0.5, 0.6) is 0 Å². The summed E-state index contributed by atoms with van der Waals surface area (Å²) in [7, 11) is 0. The number of rotatable bonds is 8. The molecule has 0 saturated carbocycles. The highest BCUT2D eigenvalue weighted by molar-refractivity contribution is 8.00. The van der Waals surface area contributed by atoms with Crippen LogP contribution in [0.25, 0.3) is 0 Å². The predicted octanol–water partition coefficient (Wildman–Crippen LogP) is 5.07. The summed E-state index contributed by atoms with van der Waals surface area (Å²) in [6.45, 7) is 3.80. The molecular formula is C20H23FN2O2S. The maximum Gasteiger partial charge on any atom is 0.237 e. The van der Waals surface area contributed by atoms with Crippen LogP contribution in [0.4, 0.5) is 15.8 Å². The normalized spacial score (nSPS) is 11.7. The molecule has 0 aliphatic carbocycles. The van der Waals surface area contributed by atoms with Gasteiger partial charge in [0, 0.05) is 17.0 Å². The third kappa shape index (κ3) is 6.19. The zero-order valence-electron chi connectivity index (χ0n) is 14.9. The number of amides is 2. The number of carbonyl (C=O) groups excluding carboxylic acids is 2. The summed E-state index contributed by atoms with van der Waals surface area (Å²) >= 11 is 1.35. The highest BCUT2D eigenvalue weighted by atomic mass is 32.2. The fraction of sp³-hybridized carbons (Fsp3) is 0.300. The van der Waals surface area contributed by atoms with Gasteiger partial charge in [0.15, 0.2) is 0 Å². The molecule has 0 heterocycles. The molecule has 0 fully saturated rings. The number of thioether (sulfide) groups is 1. The molecule has 0 saturated heterocycles. The highest BCUT2D eigenvalue weighted by Gasteiger charge is 2.16. The number of nitrogens with one attached hydrogen (secondary N) is 2. The molecule has 0 aromatic heterocycles. The summed E-state index contributed by atoms with van der Waals surface area (Å²) in [5.41, 5.74) is 0.875. The smallest absolute Gasteiger partial charge is 0.237 e. The van der Waals surface area contributed by atoms with Gasteiger partial charge in [0.25, 0.3) is 0 Å². The van der Waals surface area contributed by atoms with Crippen molar-refractivity contribution in [3.8, 4) is 0 Å². The second-order valence-corrected chi connectivity index (χ2v) is 7.32. The second kappa shape index (κ2) is 9.97. The number of benzene rings is 2. The van der Waals surface area contributed by atoms with Crippen molar-refractivity contribution < 1.29 is 14.0 Å². The second-order valence-electron chi connectivity index (χ2n) is 5.91. The minimum Gasteiger partial charge on any atom is -0.326 e. The third-order valence-corrected chi connectivity index (χ3v) is 4.78. The van der Waals surface area contributed by atoms with Gasteiger partial charge in [0.1, 0.15) is 5.82 Å². The third-order valence-electron chi connectivity index (χ3n) is 3.69. The number of anilines is 2. The van der Waals surface area contributed by atoms with Crippen LogP contribution in [0, 0.1) is 5.82 Å². The van der Waals surface area contributed by atoms with Crippen LogP contribution in [-0.2, 0) is 9.59 Å². The first-order valence-corrected chi connectivity index (χ1v) is 9.49. The van der Waals surface area contributed by atoms with Crippen LogP contribution < -0.4 is 10.6 Å². The van der Waals surface area contributed by atoms with Gasteiger partial charge >= 0.3 is 0 Å². The van der Waals surface area contributed by atoms with Crippen LogP contribution >= 0.6 is 11.8 Å². The van der Waals surface area contributed by atoms with Gasteiger partial charge in [-0.25, -0.2) is 4.39 Å². The van der Waals surface area contributed by atoms with Crippen LogP contribution in [0.1, 0.15) is 33.1 Å². The van der Waals surface area contributed by atoms with E-state index in [0.717, 1.165) is 17.7 Å². The van der Waals surface area contributed by atoms with Gasteiger partial charge in [-0.15, -0.1) is 11.8 Å². The van der Waals surface area contributed by atoms with E-state index >= 15 is 0 Å². The van der Waals surface area contributed by atoms with E-state index in [2.05, 4.69) is 10.6 Å². The Balaban J connectivity index is 1.95. The topological polar surface area (TPSA) is 58.2 Å². The average molecular weight is 374 g/mol. The lowest BCUT2D eigenvalue weighted by Crippen LogP contribution is -2.22. The molecule has 0 aliphatic heterocycles. The van der Waals surface area contributed by atoms with E-state index in [9.17, 15) is 14.0 Å². The number of hydrogen-bond donors (Lipinski definition) is 2. The molecule has 1 unspecified atom stereocenters. The zero-order valence-corrected chi connectivity index (χ0v) is 15.7. The minimum absolute atomic E-state index is 0.0145. The van der Waals surface area contributed by atoms with Crippen molar-refractivity contribution >= 4 is 35.0 Å². The molecule has 4 nitrogen and oxygen atoms in total. The van der Waals surface area contributed by atoms with Crippen LogP contribution in [0.15, 0.2) is 53.4 Å². The van der Waals surface area contributed by atoms with Gasteiger partial charge in [0.05, 0.1) is 10.9 Å². The summed E-state index contributed by atoms with van der Waals surface area (Å²) in [6, 6.07) is 13.4. The molecular weight excluding hydrogens is 351 g/mol. The van der Waals surface area contributed by atoms with Crippen molar-refractivity contribution in [2.45, 2.75) is 43.3 Å². The SMILES string of the molecule is CCCCC(=O)Nc1cccc(SC(C)C(=O)Nc2ccccc2F)c1. The maximum absolute atomic E-state index is 13.6. The molecule has 6 heteroatoms. The van der Waals surface area contributed by atoms with Gasteiger partial charge in [-0.2, -0.15) is 0 Å². The summed E-state index contributed by atoms with van der Waals surface area (Å²) in [6.07, 6.45) is 2.32. The Bertz CT molecular complexity index is 767. The molecule has 2 N–H and O–H groups in total. The Labute approximate surface area is 157 Å². The Morgan fingerprint density at radius 1 is 1.12 bits per heavy atom. The number of halogens is 1. The number of unbranched alkanes of at least 4 members (excludes halogenated alkanes) is 1. The van der Waals surface area contributed by atoms with Crippen molar-refractivity contribution in [1.29, 1.82) is 0 Å². The molecule has 1 atom stereocenters. The Hall–Kier alpha value is -2.34. The largest absolute Gasteiger partial charge is 0.326 e. The summed E-state index contributed by atoms with van der Waals surface area (Å²) in [4.78, 5) is 25.0. The zero-order chi connectivity index (χ0) is 18.9. The highest BCUT2D eigenvalue weighted by Crippen LogP contribution is 2.27. The Kier molecular flexibility index (Phi) is 7.66. The van der Waals surface area contributed by atoms with Crippen molar-refractivity contribution in [1.82, 2.24) is 0 Å². The van der Waals surface area contributed by atoms with E-state index in [1.165, 1.54) is 23.9 Å². The molecule has 2 rings (SSSR count). The Morgan fingerprint density at radius 2 is 1.88 bits per heavy atom. The number of carbonyl (C=O) groups is 2. The fourth-order valence-corrected chi connectivity index (χ4v) is 3.19. The van der Waals surface area contributed by atoms with Gasteiger partial charge in [-0.1, -0.05) is 31.5 Å². The minimum atomic E-state index is -0.463. The van der Waals surface area contributed by atoms with Gasteiger partial charge in [0.2, 0.25) is 11.8 Å². The lowest BCUT2D eigenvalue weighted by molar-refractivity contribution is -0.116. The van der Waals surface area contributed by atoms with Gasteiger partial charge in [-0.05, 0) is 43.7 Å². The lowest BCUT2D eigenvalue weighted by atomic mass is 10.2. The molecule has 2 amide bonds. The maximum atomic E-state index is 13.6. The van der Waals surface area contributed by atoms with E-state index in [1.54, 1.807) is 19.1 Å². The predicted molar refractivity (Wildman–Crippen MR) is 105 cm³/mol. The standard InChI is InChI=1S/C20H23FN2O2S/c1-3-4-12-19(24)22-15-8-7-9-16(13-15)26-14(2)20(25)23-18-11-6-5-10-17(18)21/h5-11,13-14H,3-4,12H2,1-2H3,(H,22,24)(H,23,25). The van der Waals surface area contributed by atoms with Crippen molar-refractivity contribution in [2.24, 2.45) is 0 Å². The molecule has 0 radical (unpaired) electrons. The van der Waals surface area contributed by atoms with Crippen LogP contribution in [0.2, 0.25) is 0 Å². The van der Waals surface area contributed by atoms with E-state index in [0.29, 0.717) is 12.1 Å². The number of hydrogen-bond acceptors (Lipinski definition) is 3. The molecule has 0 aliphatic rings.